The van der Waals surface area contributed by atoms with Gasteiger partial charge in [-0.15, -0.1) is 0 Å². The minimum absolute atomic E-state index is 0.0143. The first kappa shape index (κ1) is 24.4. The van der Waals surface area contributed by atoms with E-state index in [1.165, 1.54) is 51.4 Å². The van der Waals surface area contributed by atoms with Crippen molar-refractivity contribution in [1.82, 2.24) is 0 Å². The van der Waals surface area contributed by atoms with Crippen LogP contribution in [0.4, 0.5) is 0 Å². The molecule has 0 spiro atoms. The molecule has 4 fully saturated rings. The van der Waals surface area contributed by atoms with Gasteiger partial charge in [0, 0.05) is 5.41 Å². The molecule has 1 nitrogen and oxygen atoms in total. The molecule has 9 unspecified atom stereocenters. The SMILES string of the molecule is CC1CCC2(C)C(CCC3(C)C2CC=C2C4CC(C)(C)CC(C)(O)C4(C)CCC23C)C1(C)C. The van der Waals surface area contributed by atoms with E-state index in [4.69, 9.17) is 0 Å². The summed E-state index contributed by atoms with van der Waals surface area (Å²) in [5.74, 6) is 3.02. The number of allylic oxidation sites excluding steroid dienone is 2. The molecule has 0 heterocycles. The number of fused-ring (bicyclic) bond motifs is 7. The van der Waals surface area contributed by atoms with Gasteiger partial charge in [0.1, 0.15) is 0 Å². The molecule has 188 valence electrons. The highest BCUT2D eigenvalue weighted by Crippen LogP contribution is 2.76. The average Bonchev–Trinajstić information content (AvgIpc) is 2.67. The molecule has 1 N–H and O–H groups in total. The predicted octanol–water partition coefficient (Wildman–Crippen LogP) is 8.81. The largest absolute Gasteiger partial charge is 0.390 e. The smallest absolute Gasteiger partial charge is 0.0683 e. The van der Waals surface area contributed by atoms with Crippen LogP contribution < -0.4 is 0 Å². The third-order valence-corrected chi connectivity index (χ3v) is 14.2. The van der Waals surface area contributed by atoms with E-state index in [1.807, 2.05) is 0 Å². The van der Waals surface area contributed by atoms with E-state index in [9.17, 15) is 5.11 Å². The Balaban J connectivity index is 1.60. The zero-order chi connectivity index (χ0) is 24.5. The first-order chi connectivity index (χ1) is 14.9. The van der Waals surface area contributed by atoms with Gasteiger partial charge in [-0.3, -0.25) is 0 Å². The number of hydrogen-bond acceptors (Lipinski definition) is 1. The molecule has 9 atom stereocenters. The molecule has 0 radical (unpaired) electrons. The van der Waals surface area contributed by atoms with Crippen molar-refractivity contribution in [1.29, 1.82) is 0 Å². The molecule has 0 aromatic carbocycles. The molecule has 33 heavy (non-hydrogen) atoms. The van der Waals surface area contributed by atoms with Crippen LogP contribution in [-0.4, -0.2) is 10.7 Å². The van der Waals surface area contributed by atoms with Crippen molar-refractivity contribution in [3.63, 3.8) is 0 Å². The molecular formula is C32H54O. The molecule has 5 aliphatic rings. The molecule has 1 heteroatoms. The second kappa shape index (κ2) is 6.72. The van der Waals surface area contributed by atoms with Gasteiger partial charge in [-0.1, -0.05) is 74.0 Å². The lowest BCUT2D eigenvalue weighted by molar-refractivity contribution is -0.211. The lowest BCUT2D eigenvalue weighted by atomic mass is 9.32. The van der Waals surface area contributed by atoms with Crippen molar-refractivity contribution < 1.29 is 5.11 Å². The van der Waals surface area contributed by atoms with Gasteiger partial charge in [-0.2, -0.15) is 0 Å². The lowest BCUT2D eigenvalue weighted by Gasteiger charge is -2.72. The van der Waals surface area contributed by atoms with Crippen LogP contribution >= 0.6 is 0 Å². The first-order valence-electron chi connectivity index (χ1n) is 14.4. The van der Waals surface area contributed by atoms with Gasteiger partial charge in [0.05, 0.1) is 5.60 Å². The van der Waals surface area contributed by atoms with Crippen molar-refractivity contribution in [3.05, 3.63) is 11.6 Å². The molecule has 5 aliphatic carbocycles. The molecule has 0 aromatic heterocycles. The number of rotatable bonds is 0. The summed E-state index contributed by atoms with van der Waals surface area (Å²) in [6, 6.07) is 0. The summed E-state index contributed by atoms with van der Waals surface area (Å²) in [4.78, 5) is 0. The van der Waals surface area contributed by atoms with Crippen LogP contribution in [0.3, 0.4) is 0 Å². The van der Waals surface area contributed by atoms with Crippen molar-refractivity contribution in [2.45, 2.75) is 133 Å². The quantitative estimate of drug-likeness (QED) is 0.362. The standard InChI is InChI=1S/C32H54O/c1-21-13-15-28(6)24(27(21,4)5)14-16-31(9)25(28)12-11-22-23-19-26(2,3)20-32(10,33)30(23,8)18-17-29(22,31)7/h11,21,23-25,33H,12-20H2,1-10H3. The summed E-state index contributed by atoms with van der Waals surface area (Å²) < 4.78 is 0. The lowest BCUT2D eigenvalue weighted by Crippen LogP contribution is -2.66. The second-order valence-electron chi connectivity index (χ2n) is 16.3. The Kier molecular flexibility index (Phi) is 4.96. The zero-order valence-electron chi connectivity index (χ0n) is 23.7. The Morgan fingerprint density at radius 1 is 0.788 bits per heavy atom. The maximum atomic E-state index is 11.8. The van der Waals surface area contributed by atoms with E-state index in [-0.39, 0.29) is 16.2 Å². The van der Waals surface area contributed by atoms with E-state index in [0.717, 1.165) is 24.2 Å². The topological polar surface area (TPSA) is 20.2 Å². The van der Waals surface area contributed by atoms with Crippen molar-refractivity contribution in [2.75, 3.05) is 0 Å². The van der Waals surface area contributed by atoms with Crippen molar-refractivity contribution in [3.8, 4) is 0 Å². The molecule has 5 rings (SSSR count). The maximum absolute atomic E-state index is 11.8. The Bertz CT molecular complexity index is 862. The Morgan fingerprint density at radius 2 is 1.45 bits per heavy atom. The van der Waals surface area contributed by atoms with E-state index < -0.39 is 5.60 Å². The Hall–Kier alpha value is -0.300. The van der Waals surface area contributed by atoms with Crippen LogP contribution in [-0.2, 0) is 0 Å². The van der Waals surface area contributed by atoms with Gasteiger partial charge < -0.3 is 5.11 Å². The van der Waals surface area contributed by atoms with Crippen LogP contribution in [0.5, 0.6) is 0 Å². The minimum atomic E-state index is -0.577. The van der Waals surface area contributed by atoms with Crippen molar-refractivity contribution in [2.24, 2.45) is 56.2 Å². The van der Waals surface area contributed by atoms with Gasteiger partial charge in [0.15, 0.2) is 0 Å². The fraction of sp³-hybridized carbons (Fsp3) is 0.938. The van der Waals surface area contributed by atoms with Crippen LogP contribution in [0.1, 0.15) is 127 Å². The third kappa shape index (κ3) is 2.87. The van der Waals surface area contributed by atoms with E-state index >= 15 is 0 Å². The highest BCUT2D eigenvalue weighted by molar-refractivity contribution is 5.35. The zero-order valence-corrected chi connectivity index (χ0v) is 23.7. The van der Waals surface area contributed by atoms with E-state index in [2.05, 4.69) is 75.3 Å². The summed E-state index contributed by atoms with van der Waals surface area (Å²) in [6.45, 7) is 25.2. The average molecular weight is 455 g/mol. The Labute approximate surface area is 205 Å². The molecule has 0 aromatic rings. The number of hydrogen-bond donors (Lipinski definition) is 1. The summed E-state index contributed by atoms with van der Waals surface area (Å²) in [6.07, 6.45) is 14.3. The maximum Gasteiger partial charge on any atom is 0.0683 e. The fourth-order valence-corrected chi connectivity index (χ4v) is 11.4. The molecule has 4 saturated carbocycles. The summed E-state index contributed by atoms with van der Waals surface area (Å²) >= 11 is 0. The van der Waals surface area contributed by atoms with Gasteiger partial charge in [0.2, 0.25) is 0 Å². The monoisotopic (exact) mass is 454 g/mol. The van der Waals surface area contributed by atoms with E-state index in [0.29, 0.717) is 22.2 Å². The van der Waals surface area contributed by atoms with Gasteiger partial charge in [-0.25, -0.2) is 0 Å². The predicted molar refractivity (Wildman–Crippen MR) is 140 cm³/mol. The molecule has 0 bridgehead atoms. The molecule has 0 saturated heterocycles. The number of aliphatic hydroxyl groups is 1. The summed E-state index contributed by atoms with van der Waals surface area (Å²) in [5.41, 5.74) is 2.99. The van der Waals surface area contributed by atoms with Crippen LogP contribution in [0.2, 0.25) is 0 Å². The fourth-order valence-electron chi connectivity index (χ4n) is 11.4. The Morgan fingerprint density at radius 3 is 2.12 bits per heavy atom. The van der Waals surface area contributed by atoms with Crippen molar-refractivity contribution >= 4 is 0 Å². The van der Waals surface area contributed by atoms with E-state index in [1.54, 1.807) is 5.57 Å². The minimum Gasteiger partial charge on any atom is -0.390 e. The van der Waals surface area contributed by atoms with Crippen LogP contribution in [0, 0.1) is 56.2 Å². The van der Waals surface area contributed by atoms with Crippen LogP contribution in [0.15, 0.2) is 11.6 Å². The highest BCUT2D eigenvalue weighted by atomic mass is 16.3. The molecule has 0 amide bonds. The first-order valence-corrected chi connectivity index (χ1v) is 14.4. The molecule has 0 aliphatic heterocycles. The van der Waals surface area contributed by atoms with Gasteiger partial charge in [-0.05, 0) is 115 Å². The molecular weight excluding hydrogens is 400 g/mol. The van der Waals surface area contributed by atoms with Gasteiger partial charge in [0.25, 0.3) is 0 Å². The van der Waals surface area contributed by atoms with Crippen LogP contribution in [0.25, 0.3) is 0 Å². The van der Waals surface area contributed by atoms with Gasteiger partial charge >= 0.3 is 0 Å². The highest BCUT2D eigenvalue weighted by Gasteiger charge is 2.69. The second-order valence-corrected chi connectivity index (χ2v) is 16.3. The summed E-state index contributed by atoms with van der Waals surface area (Å²) in [7, 11) is 0. The third-order valence-electron chi connectivity index (χ3n) is 14.2. The summed E-state index contributed by atoms with van der Waals surface area (Å²) in [5, 5.41) is 11.8. The normalized spacial score (nSPS) is 57.1.